The minimum Gasteiger partial charge on any atom is -0.493 e. The number of halogens is 2. The SMILES string of the molecule is COc1cc2c(Oc3c(F)cc(NC(=O)c4nnccc4OC4CC4)cc3F)ccnc2cc1OCCO. The molecule has 196 valence electrons. The van der Waals surface area contributed by atoms with Crippen molar-refractivity contribution in [2.24, 2.45) is 0 Å². The molecule has 1 saturated carbocycles. The third-order valence-corrected chi connectivity index (χ3v) is 5.52. The number of ether oxygens (including phenoxy) is 4. The number of methoxy groups -OCH3 is 1. The van der Waals surface area contributed by atoms with E-state index in [2.05, 4.69) is 20.5 Å². The molecule has 5 rings (SSSR count). The molecule has 0 aliphatic heterocycles. The van der Waals surface area contributed by atoms with Gasteiger partial charge in [-0.3, -0.25) is 9.78 Å². The Hall–Kier alpha value is -4.58. The predicted molar refractivity (Wildman–Crippen MR) is 131 cm³/mol. The second kappa shape index (κ2) is 10.8. The second-order valence-corrected chi connectivity index (χ2v) is 8.29. The molecule has 38 heavy (non-hydrogen) atoms. The van der Waals surface area contributed by atoms with Crippen molar-refractivity contribution >= 4 is 22.5 Å². The van der Waals surface area contributed by atoms with Gasteiger partial charge in [-0.2, -0.15) is 5.10 Å². The van der Waals surface area contributed by atoms with Gasteiger partial charge in [0.2, 0.25) is 0 Å². The first-order chi connectivity index (χ1) is 18.5. The maximum absolute atomic E-state index is 15.0. The number of aliphatic hydroxyl groups is 1. The van der Waals surface area contributed by atoms with Gasteiger partial charge in [0.1, 0.15) is 12.4 Å². The van der Waals surface area contributed by atoms with Gasteiger partial charge in [0, 0.05) is 41.5 Å². The molecule has 0 radical (unpaired) electrons. The lowest BCUT2D eigenvalue weighted by molar-refractivity contribution is 0.101. The summed E-state index contributed by atoms with van der Waals surface area (Å²) in [6.45, 7) is -0.149. The standard InChI is InChI=1S/C26H22F2N4O6/c1-35-22-12-16-19(13-23(22)36-9-8-33)29-6-4-20(16)38-25-17(27)10-14(11-18(25)28)31-26(34)24-21(5-7-30-32-24)37-15-2-3-15/h4-7,10-13,15,33H,2-3,8-9H2,1H3,(H,31,34). The zero-order valence-corrected chi connectivity index (χ0v) is 20.1. The van der Waals surface area contributed by atoms with Crippen molar-refractivity contribution in [2.45, 2.75) is 18.9 Å². The quantitative estimate of drug-likeness (QED) is 0.313. The summed E-state index contributed by atoms with van der Waals surface area (Å²) in [5.41, 5.74) is 0.168. The summed E-state index contributed by atoms with van der Waals surface area (Å²) < 4.78 is 52.1. The minimum atomic E-state index is -1.05. The van der Waals surface area contributed by atoms with Crippen molar-refractivity contribution in [3.8, 4) is 28.7 Å². The number of benzene rings is 2. The summed E-state index contributed by atoms with van der Waals surface area (Å²) in [5.74, 6) is -2.49. The number of nitrogens with zero attached hydrogens (tertiary/aromatic N) is 3. The highest BCUT2D eigenvalue weighted by Crippen LogP contribution is 2.38. The Bertz CT molecular complexity index is 1480. The lowest BCUT2D eigenvalue weighted by Crippen LogP contribution is -2.17. The Kier molecular flexibility index (Phi) is 7.13. The molecule has 0 spiro atoms. The molecule has 1 aliphatic rings. The van der Waals surface area contributed by atoms with E-state index in [4.69, 9.17) is 24.1 Å². The second-order valence-electron chi connectivity index (χ2n) is 8.29. The molecule has 2 heterocycles. The van der Waals surface area contributed by atoms with Crippen molar-refractivity contribution < 1.29 is 37.6 Å². The summed E-state index contributed by atoms with van der Waals surface area (Å²) >= 11 is 0. The normalized spacial score (nSPS) is 12.7. The zero-order valence-electron chi connectivity index (χ0n) is 20.1. The number of hydrogen-bond donors (Lipinski definition) is 2. The summed E-state index contributed by atoms with van der Waals surface area (Å²) in [6.07, 6.45) is 4.56. The highest BCUT2D eigenvalue weighted by molar-refractivity contribution is 6.04. The van der Waals surface area contributed by atoms with Crippen LogP contribution < -0.4 is 24.3 Å². The Morgan fingerprint density at radius 2 is 1.82 bits per heavy atom. The highest BCUT2D eigenvalue weighted by atomic mass is 19.1. The van der Waals surface area contributed by atoms with Crippen LogP contribution in [-0.4, -0.2) is 52.6 Å². The van der Waals surface area contributed by atoms with Gasteiger partial charge in [0.25, 0.3) is 5.91 Å². The van der Waals surface area contributed by atoms with Crippen LogP contribution in [0.4, 0.5) is 14.5 Å². The number of carbonyl (C=O) groups is 1. The molecule has 2 aromatic heterocycles. The van der Waals surface area contributed by atoms with E-state index in [1.807, 2.05) is 0 Å². The van der Waals surface area contributed by atoms with Crippen molar-refractivity contribution in [3.05, 3.63) is 66.1 Å². The van der Waals surface area contributed by atoms with Crippen molar-refractivity contribution in [1.82, 2.24) is 15.2 Å². The topological polar surface area (TPSA) is 125 Å². The summed E-state index contributed by atoms with van der Waals surface area (Å²) in [5, 5.41) is 19.4. The fraction of sp³-hybridized carbons (Fsp3) is 0.231. The number of anilines is 1. The number of pyridine rings is 1. The number of amides is 1. The van der Waals surface area contributed by atoms with E-state index in [0.29, 0.717) is 22.4 Å². The van der Waals surface area contributed by atoms with E-state index >= 15 is 8.78 Å². The van der Waals surface area contributed by atoms with Gasteiger partial charge >= 0.3 is 0 Å². The number of carbonyl (C=O) groups excluding carboxylic acids is 1. The summed E-state index contributed by atoms with van der Waals surface area (Å²) in [7, 11) is 1.43. The lowest BCUT2D eigenvalue weighted by Gasteiger charge is -2.15. The summed E-state index contributed by atoms with van der Waals surface area (Å²) in [4.78, 5) is 17.0. The zero-order chi connectivity index (χ0) is 26.6. The van der Waals surface area contributed by atoms with Crippen molar-refractivity contribution in [2.75, 3.05) is 25.6 Å². The van der Waals surface area contributed by atoms with Crippen molar-refractivity contribution in [1.29, 1.82) is 0 Å². The van der Waals surface area contributed by atoms with Gasteiger partial charge in [0.05, 0.1) is 31.5 Å². The van der Waals surface area contributed by atoms with Crippen LogP contribution in [0.2, 0.25) is 0 Å². The molecule has 0 unspecified atom stereocenters. The molecule has 0 atom stereocenters. The van der Waals surface area contributed by atoms with Gasteiger partial charge in [-0.25, -0.2) is 8.78 Å². The molecule has 1 fully saturated rings. The third kappa shape index (κ3) is 5.39. The van der Waals surface area contributed by atoms with E-state index in [1.54, 1.807) is 12.1 Å². The van der Waals surface area contributed by atoms with Crippen molar-refractivity contribution in [3.63, 3.8) is 0 Å². The van der Waals surface area contributed by atoms with E-state index in [1.165, 1.54) is 31.6 Å². The molecule has 0 saturated heterocycles. The van der Waals surface area contributed by atoms with Gasteiger partial charge in [0.15, 0.2) is 40.3 Å². The number of nitrogens with one attached hydrogen (secondary N) is 1. The minimum absolute atomic E-state index is 0.0148. The van der Waals surface area contributed by atoms with Crippen LogP contribution in [0.3, 0.4) is 0 Å². The molecular formula is C26H22F2N4O6. The number of hydrogen-bond acceptors (Lipinski definition) is 9. The third-order valence-electron chi connectivity index (χ3n) is 5.52. The molecule has 10 nitrogen and oxygen atoms in total. The fourth-order valence-corrected chi connectivity index (χ4v) is 3.61. The Morgan fingerprint density at radius 1 is 1.05 bits per heavy atom. The Morgan fingerprint density at radius 3 is 2.53 bits per heavy atom. The Balaban J connectivity index is 1.39. The van der Waals surface area contributed by atoms with Crippen LogP contribution in [0.1, 0.15) is 23.3 Å². The largest absolute Gasteiger partial charge is 0.493 e. The van der Waals surface area contributed by atoms with Crippen LogP contribution in [0.25, 0.3) is 10.9 Å². The first-order valence-corrected chi connectivity index (χ1v) is 11.6. The molecule has 2 aromatic carbocycles. The average molecular weight is 524 g/mol. The number of aliphatic hydroxyl groups excluding tert-OH is 1. The van der Waals surface area contributed by atoms with Gasteiger partial charge in [-0.1, -0.05) is 0 Å². The van der Waals surface area contributed by atoms with E-state index in [9.17, 15) is 4.79 Å². The number of rotatable bonds is 10. The molecular weight excluding hydrogens is 502 g/mol. The Labute approximate surface area is 215 Å². The van der Waals surface area contributed by atoms with E-state index < -0.39 is 23.3 Å². The number of aromatic nitrogens is 3. The lowest BCUT2D eigenvalue weighted by atomic mass is 10.1. The highest BCUT2D eigenvalue weighted by Gasteiger charge is 2.27. The molecule has 4 aromatic rings. The van der Waals surface area contributed by atoms with Gasteiger partial charge < -0.3 is 29.4 Å². The maximum atomic E-state index is 15.0. The molecule has 0 bridgehead atoms. The first kappa shape index (κ1) is 25.1. The fourth-order valence-electron chi connectivity index (χ4n) is 3.61. The first-order valence-electron chi connectivity index (χ1n) is 11.6. The predicted octanol–water partition coefficient (Wildman–Crippen LogP) is 4.27. The van der Waals surface area contributed by atoms with Gasteiger partial charge in [-0.05, 0) is 25.0 Å². The maximum Gasteiger partial charge on any atom is 0.280 e. The van der Waals surface area contributed by atoms with Crippen LogP contribution >= 0.6 is 0 Å². The van der Waals surface area contributed by atoms with E-state index in [-0.39, 0.29) is 42.2 Å². The monoisotopic (exact) mass is 524 g/mol. The van der Waals surface area contributed by atoms with Gasteiger partial charge in [-0.15, -0.1) is 5.10 Å². The van der Waals surface area contributed by atoms with Crippen LogP contribution in [0.5, 0.6) is 28.7 Å². The molecule has 12 heteroatoms. The van der Waals surface area contributed by atoms with Crippen LogP contribution in [0.15, 0.2) is 48.8 Å². The molecule has 1 aliphatic carbocycles. The van der Waals surface area contributed by atoms with Crippen LogP contribution in [-0.2, 0) is 0 Å². The van der Waals surface area contributed by atoms with Crippen LogP contribution in [0, 0.1) is 11.6 Å². The molecule has 1 amide bonds. The van der Waals surface area contributed by atoms with E-state index in [0.717, 1.165) is 25.0 Å². The summed E-state index contributed by atoms with van der Waals surface area (Å²) in [6, 6.07) is 7.93. The average Bonchev–Trinajstić information content (AvgIpc) is 3.73. The smallest absolute Gasteiger partial charge is 0.280 e. The number of fused-ring (bicyclic) bond motifs is 1. The molecule has 2 N–H and O–H groups in total.